The number of halogens is 2. The molecule has 2 aromatic carbocycles. The Morgan fingerprint density at radius 1 is 0.973 bits per heavy atom. The summed E-state index contributed by atoms with van der Waals surface area (Å²) in [6.45, 7) is 2.90. The van der Waals surface area contributed by atoms with Gasteiger partial charge in [0.15, 0.2) is 5.11 Å². The van der Waals surface area contributed by atoms with Gasteiger partial charge >= 0.3 is 0 Å². The highest BCUT2D eigenvalue weighted by Gasteiger charge is 2.42. The molecular weight excluding hydrogens is 527 g/mol. The lowest BCUT2D eigenvalue weighted by Crippen LogP contribution is -2.30. The molecule has 0 radical (unpaired) electrons. The number of aromatic nitrogens is 2. The maximum atomic E-state index is 6.63. The van der Waals surface area contributed by atoms with E-state index in [9.17, 15) is 0 Å². The van der Waals surface area contributed by atoms with Crippen LogP contribution >= 0.6 is 35.4 Å². The zero-order valence-electron chi connectivity index (χ0n) is 20.4. The molecule has 0 aliphatic carbocycles. The van der Waals surface area contributed by atoms with E-state index in [-0.39, 0.29) is 12.1 Å². The first-order valence-electron chi connectivity index (χ1n) is 11.8. The van der Waals surface area contributed by atoms with E-state index in [0.717, 1.165) is 33.3 Å². The number of nitrogens with one attached hydrogen (secondary N) is 1. The molecule has 37 heavy (non-hydrogen) atoms. The quantitative estimate of drug-likeness (QED) is 0.194. The second-order valence-electron chi connectivity index (χ2n) is 8.69. The first-order chi connectivity index (χ1) is 18.0. The van der Waals surface area contributed by atoms with E-state index in [4.69, 9.17) is 44.9 Å². The molecule has 1 saturated heterocycles. The maximum absolute atomic E-state index is 6.63. The van der Waals surface area contributed by atoms with Crippen LogP contribution < -0.4 is 15.0 Å². The molecule has 0 spiro atoms. The topological polar surface area (TPSA) is 51.6 Å². The second-order valence-corrected chi connectivity index (χ2v) is 9.89. The Hall–Kier alpha value is -3.10. The monoisotopic (exact) mass is 552 g/mol. The highest BCUT2D eigenvalue weighted by atomic mass is 35.5. The van der Waals surface area contributed by atoms with E-state index >= 15 is 0 Å². The molecule has 9 heteroatoms. The fourth-order valence-electron chi connectivity index (χ4n) is 4.57. The summed E-state index contributed by atoms with van der Waals surface area (Å²) in [6.07, 6.45) is 3.84. The Labute approximate surface area is 231 Å². The van der Waals surface area contributed by atoms with Crippen LogP contribution in [0.5, 0.6) is 5.75 Å². The molecule has 0 amide bonds. The van der Waals surface area contributed by atoms with E-state index in [1.807, 2.05) is 67.7 Å². The van der Waals surface area contributed by atoms with Crippen LogP contribution in [0.3, 0.4) is 0 Å². The average Bonchev–Trinajstić information content (AvgIpc) is 3.51. The summed E-state index contributed by atoms with van der Waals surface area (Å²) >= 11 is 18.8. The smallest absolute Gasteiger partial charge is 0.174 e. The van der Waals surface area contributed by atoms with Crippen molar-refractivity contribution in [2.45, 2.75) is 19.0 Å². The molecule has 0 unspecified atom stereocenters. The van der Waals surface area contributed by atoms with Gasteiger partial charge in [-0.05, 0) is 85.4 Å². The molecule has 4 aromatic rings. The Morgan fingerprint density at radius 3 is 2.54 bits per heavy atom. The summed E-state index contributed by atoms with van der Waals surface area (Å²) in [5.41, 5.74) is 4.81. The number of hydrogen-bond donors (Lipinski definition) is 1. The number of ether oxygens (including phenoxy) is 2. The van der Waals surface area contributed by atoms with Crippen LogP contribution in [-0.2, 0) is 4.74 Å². The summed E-state index contributed by atoms with van der Waals surface area (Å²) in [6, 6.07) is 21.4. The van der Waals surface area contributed by atoms with Gasteiger partial charge in [-0.2, -0.15) is 0 Å². The number of anilines is 1. The van der Waals surface area contributed by atoms with Gasteiger partial charge in [-0.3, -0.25) is 4.98 Å². The van der Waals surface area contributed by atoms with Gasteiger partial charge in [-0.1, -0.05) is 29.3 Å². The standard InChI is InChI=1S/C28H26Cl2N4O2S/c1-18-16-19(8-10-21(18)29)33-13-5-7-24(33)27-26(23-6-3-4-12-31-23)32-28(37)34(27)20-9-11-25(22(30)17-20)36-15-14-35-2/h3-13,16-17,26-27H,14-15H2,1-2H3,(H,32,37)/t26-,27+/m0/s1. The number of thiocarbonyl (C=S) groups is 1. The van der Waals surface area contributed by atoms with Gasteiger partial charge in [0.1, 0.15) is 18.4 Å². The average molecular weight is 554 g/mol. The van der Waals surface area contributed by atoms with Gasteiger partial charge in [0.25, 0.3) is 0 Å². The Balaban J connectivity index is 1.59. The van der Waals surface area contributed by atoms with Gasteiger partial charge in [-0.15, -0.1) is 0 Å². The highest BCUT2D eigenvalue weighted by Crippen LogP contribution is 2.43. The molecule has 6 nitrogen and oxygen atoms in total. The van der Waals surface area contributed by atoms with E-state index < -0.39 is 0 Å². The number of nitrogens with zero attached hydrogens (tertiary/aromatic N) is 3. The van der Waals surface area contributed by atoms with E-state index in [1.54, 1.807) is 13.3 Å². The summed E-state index contributed by atoms with van der Waals surface area (Å²) in [7, 11) is 1.63. The van der Waals surface area contributed by atoms with Crippen molar-refractivity contribution in [3.8, 4) is 11.4 Å². The molecule has 1 aliphatic rings. The van der Waals surface area contributed by atoms with Gasteiger partial charge in [0.05, 0.1) is 23.4 Å². The summed E-state index contributed by atoms with van der Waals surface area (Å²) in [5, 5.41) is 5.32. The van der Waals surface area contributed by atoms with E-state index in [2.05, 4.69) is 31.9 Å². The van der Waals surface area contributed by atoms with Crippen molar-refractivity contribution in [1.29, 1.82) is 0 Å². The summed E-state index contributed by atoms with van der Waals surface area (Å²) in [4.78, 5) is 6.74. The van der Waals surface area contributed by atoms with Crippen molar-refractivity contribution in [2.24, 2.45) is 0 Å². The van der Waals surface area contributed by atoms with Crippen LogP contribution in [0.25, 0.3) is 5.69 Å². The van der Waals surface area contributed by atoms with Crippen LogP contribution in [0, 0.1) is 6.92 Å². The minimum absolute atomic E-state index is 0.188. The molecule has 1 N–H and O–H groups in total. The fraction of sp³-hybridized carbons (Fsp3) is 0.214. The van der Waals surface area contributed by atoms with Gasteiger partial charge in [0, 0.05) is 41.6 Å². The highest BCUT2D eigenvalue weighted by molar-refractivity contribution is 7.80. The molecule has 0 saturated carbocycles. The number of aryl methyl sites for hydroxylation is 1. The molecule has 0 bridgehead atoms. The van der Waals surface area contributed by atoms with Crippen LogP contribution in [0.15, 0.2) is 79.1 Å². The van der Waals surface area contributed by atoms with Gasteiger partial charge < -0.3 is 24.3 Å². The minimum atomic E-state index is -0.204. The molecule has 2 atom stereocenters. The first-order valence-corrected chi connectivity index (χ1v) is 13.0. The lowest BCUT2D eigenvalue weighted by molar-refractivity contribution is 0.146. The normalized spacial score (nSPS) is 17.2. The van der Waals surface area contributed by atoms with Crippen molar-refractivity contribution in [3.05, 3.63) is 106 Å². The van der Waals surface area contributed by atoms with Crippen LogP contribution in [-0.4, -0.2) is 35.0 Å². The van der Waals surface area contributed by atoms with Crippen molar-refractivity contribution >= 4 is 46.2 Å². The molecular formula is C28H26Cl2N4O2S. The van der Waals surface area contributed by atoms with Crippen LogP contribution in [0.4, 0.5) is 5.69 Å². The third-order valence-corrected chi connectivity index (χ3v) is 7.37. The van der Waals surface area contributed by atoms with Crippen molar-refractivity contribution < 1.29 is 9.47 Å². The predicted octanol–water partition coefficient (Wildman–Crippen LogP) is 6.69. The zero-order valence-corrected chi connectivity index (χ0v) is 22.7. The van der Waals surface area contributed by atoms with Crippen LogP contribution in [0.2, 0.25) is 10.0 Å². The maximum Gasteiger partial charge on any atom is 0.174 e. The van der Waals surface area contributed by atoms with Crippen LogP contribution in [0.1, 0.15) is 29.0 Å². The largest absolute Gasteiger partial charge is 0.490 e. The molecule has 5 rings (SSSR count). The van der Waals surface area contributed by atoms with Gasteiger partial charge in [0.2, 0.25) is 0 Å². The number of benzene rings is 2. The molecule has 1 fully saturated rings. The lowest BCUT2D eigenvalue weighted by atomic mass is 10.0. The Bertz CT molecular complexity index is 1410. The van der Waals surface area contributed by atoms with Crippen molar-refractivity contribution in [3.63, 3.8) is 0 Å². The Morgan fingerprint density at radius 2 is 1.81 bits per heavy atom. The minimum Gasteiger partial charge on any atom is -0.490 e. The van der Waals surface area contributed by atoms with E-state index in [0.29, 0.717) is 29.1 Å². The predicted molar refractivity (Wildman–Crippen MR) is 152 cm³/mol. The summed E-state index contributed by atoms with van der Waals surface area (Å²) in [5.74, 6) is 0.596. The lowest BCUT2D eigenvalue weighted by Gasteiger charge is -2.29. The molecule has 190 valence electrons. The fourth-order valence-corrected chi connectivity index (χ4v) is 5.27. The molecule has 3 heterocycles. The second kappa shape index (κ2) is 11.1. The molecule has 2 aromatic heterocycles. The Kier molecular flexibility index (Phi) is 7.67. The third-order valence-electron chi connectivity index (χ3n) is 6.34. The number of methoxy groups -OCH3 is 1. The SMILES string of the molecule is COCCOc1ccc(N2C(=S)N[C@@H](c3ccccn3)[C@H]2c2cccn2-c2ccc(Cl)c(C)c2)cc1Cl. The zero-order chi connectivity index (χ0) is 25.9. The van der Waals surface area contributed by atoms with E-state index in [1.165, 1.54) is 0 Å². The first kappa shape index (κ1) is 25.5. The van der Waals surface area contributed by atoms with Gasteiger partial charge in [-0.25, -0.2) is 0 Å². The van der Waals surface area contributed by atoms with Crippen molar-refractivity contribution in [1.82, 2.24) is 14.9 Å². The number of pyridine rings is 1. The summed E-state index contributed by atoms with van der Waals surface area (Å²) < 4.78 is 13.0. The number of rotatable bonds is 8. The third kappa shape index (κ3) is 5.18. The van der Waals surface area contributed by atoms with Crippen molar-refractivity contribution in [2.75, 3.05) is 25.2 Å². The number of hydrogen-bond acceptors (Lipinski definition) is 4. The molecule has 1 aliphatic heterocycles.